The summed E-state index contributed by atoms with van der Waals surface area (Å²) in [7, 11) is 0. The van der Waals surface area contributed by atoms with E-state index < -0.39 is 12.1 Å². The van der Waals surface area contributed by atoms with Crippen LogP contribution in [0.4, 0.5) is 13.2 Å². The van der Waals surface area contributed by atoms with Crippen molar-refractivity contribution in [1.82, 2.24) is 4.90 Å². The molecule has 1 saturated heterocycles. The molecule has 7 heteroatoms. The normalized spacial score (nSPS) is 22.6. The van der Waals surface area contributed by atoms with Crippen LogP contribution < -0.4 is 5.73 Å². The highest BCUT2D eigenvalue weighted by Gasteiger charge is 2.40. The van der Waals surface area contributed by atoms with E-state index in [1.807, 2.05) is 0 Å². The molecular formula is C11H19F3N2O2. The maximum atomic E-state index is 11.8. The minimum absolute atomic E-state index is 0.194. The molecule has 1 heterocycles. The van der Waals surface area contributed by atoms with Crippen molar-refractivity contribution in [2.75, 3.05) is 26.2 Å². The van der Waals surface area contributed by atoms with Gasteiger partial charge in [-0.2, -0.15) is 13.2 Å². The third kappa shape index (κ3) is 5.68. The number of nitrogens with zero attached hydrogens (tertiary/aromatic N) is 1. The van der Waals surface area contributed by atoms with Gasteiger partial charge in [-0.25, -0.2) is 4.79 Å². The summed E-state index contributed by atoms with van der Waals surface area (Å²) in [6.45, 7) is 2.20. The van der Waals surface area contributed by atoms with Crippen molar-refractivity contribution in [3.63, 3.8) is 0 Å². The molecule has 1 fully saturated rings. The van der Waals surface area contributed by atoms with Crippen molar-refractivity contribution >= 4 is 5.97 Å². The fourth-order valence-electron chi connectivity index (χ4n) is 1.94. The van der Waals surface area contributed by atoms with Gasteiger partial charge in [0, 0.05) is 12.6 Å². The Morgan fingerprint density at radius 3 is 2.72 bits per heavy atom. The Morgan fingerprint density at radius 2 is 2.06 bits per heavy atom. The van der Waals surface area contributed by atoms with Gasteiger partial charge in [-0.1, -0.05) is 0 Å². The monoisotopic (exact) mass is 268 g/mol. The van der Waals surface area contributed by atoms with Crippen molar-refractivity contribution in [2.45, 2.75) is 37.9 Å². The SMILES string of the molecule is NC1CCCN(CCCOC(=O)C(F)(F)F)CC1. The van der Waals surface area contributed by atoms with Crippen molar-refractivity contribution in [1.29, 1.82) is 0 Å². The third-order valence-corrected chi connectivity index (χ3v) is 2.95. The Labute approximate surface area is 104 Å². The van der Waals surface area contributed by atoms with Crippen molar-refractivity contribution in [3.05, 3.63) is 0 Å². The smallest absolute Gasteiger partial charge is 0.459 e. The van der Waals surface area contributed by atoms with Crippen molar-refractivity contribution in [3.8, 4) is 0 Å². The fourth-order valence-corrected chi connectivity index (χ4v) is 1.94. The molecule has 1 aliphatic rings. The summed E-state index contributed by atoms with van der Waals surface area (Å²) in [6, 6.07) is 0.220. The first-order chi connectivity index (χ1) is 8.39. The molecular weight excluding hydrogens is 249 g/mol. The first kappa shape index (κ1) is 15.2. The predicted molar refractivity (Wildman–Crippen MR) is 59.9 cm³/mol. The second-order valence-corrected chi connectivity index (χ2v) is 4.52. The van der Waals surface area contributed by atoms with Crippen LogP contribution in [-0.2, 0) is 9.53 Å². The number of nitrogens with two attached hydrogens (primary N) is 1. The van der Waals surface area contributed by atoms with E-state index >= 15 is 0 Å². The molecule has 0 aromatic heterocycles. The molecule has 0 aromatic rings. The molecule has 0 bridgehead atoms. The quantitative estimate of drug-likeness (QED) is 0.616. The van der Waals surface area contributed by atoms with Crippen LogP contribution in [-0.4, -0.2) is 49.3 Å². The van der Waals surface area contributed by atoms with Gasteiger partial charge in [0.25, 0.3) is 0 Å². The molecule has 4 nitrogen and oxygen atoms in total. The molecule has 0 aliphatic carbocycles. The Hall–Kier alpha value is -0.820. The second kappa shape index (κ2) is 6.94. The minimum atomic E-state index is -4.89. The summed E-state index contributed by atoms with van der Waals surface area (Å²) in [4.78, 5) is 12.6. The average Bonchev–Trinajstić information content (AvgIpc) is 2.48. The number of halogens is 3. The van der Waals surface area contributed by atoms with E-state index in [0.717, 1.165) is 32.4 Å². The van der Waals surface area contributed by atoms with Gasteiger partial charge in [-0.3, -0.25) is 0 Å². The van der Waals surface area contributed by atoms with Crippen LogP contribution in [0, 0.1) is 0 Å². The van der Waals surface area contributed by atoms with Gasteiger partial charge in [-0.05, 0) is 38.8 Å². The molecule has 0 spiro atoms. The van der Waals surface area contributed by atoms with Crippen LogP contribution in [0.15, 0.2) is 0 Å². The Morgan fingerprint density at radius 1 is 1.33 bits per heavy atom. The van der Waals surface area contributed by atoms with E-state index in [1.165, 1.54) is 0 Å². The number of alkyl halides is 3. The average molecular weight is 268 g/mol. The van der Waals surface area contributed by atoms with Crippen molar-refractivity contribution in [2.24, 2.45) is 5.73 Å². The molecule has 0 radical (unpaired) electrons. The fraction of sp³-hybridized carbons (Fsp3) is 0.909. The first-order valence-electron chi connectivity index (χ1n) is 6.11. The molecule has 106 valence electrons. The van der Waals surface area contributed by atoms with Crippen LogP contribution in [0.25, 0.3) is 0 Å². The number of carbonyl (C=O) groups is 1. The van der Waals surface area contributed by atoms with Gasteiger partial charge in [0.05, 0.1) is 6.61 Å². The molecule has 0 saturated carbocycles. The lowest BCUT2D eigenvalue weighted by Gasteiger charge is -2.19. The van der Waals surface area contributed by atoms with Crippen LogP contribution in [0.2, 0.25) is 0 Å². The van der Waals surface area contributed by atoms with E-state index in [2.05, 4.69) is 9.64 Å². The van der Waals surface area contributed by atoms with E-state index in [1.54, 1.807) is 0 Å². The highest BCUT2D eigenvalue weighted by atomic mass is 19.4. The number of carbonyl (C=O) groups excluding carboxylic acids is 1. The summed E-state index contributed by atoms with van der Waals surface area (Å²) in [5.74, 6) is -2.11. The number of likely N-dealkylation sites (tertiary alicyclic amines) is 1. The van der Waals surface area contributed by atoms with Gasteiger partial charge in [0.1, 0.15) is 0 Å². The number of hydrogen-bond acceptors (Lipinski definition) is 4. The molecule has 18 heavy (non-hydrogen) atoms. The molecule has 1 atom stereocenters. The van der Waals surface area contributed by atoms with Crippen LogP contribution in [0.3, 0.4) is 0 Å². The molecule has 1 aliphatic heterocycles. The topological polar surface area (TPSA) is 55.6 Å². The Bertz CT molecular complexity index is 272. The number of esters is 1. The Balaban J connectivity index is 2.12. The lowest BCUT2D eigenvalue weighted by Crippen LogP contribution is -2.30. The van der Waals surface area contributed by atoms with Gasteiger partial charge in [0.15, 0.2) is 0 Å². The predicted octanol–water partition coefficient (Wildman–Crippen LogP) is 1.30. The van der Waals surface area contributed by atoms with E-state index in [0.29, 0.717) is 13.0 Å². The molecule has 2 N–H and O–H groups in total. The summed E-state index contributed by atoms with van der Waals surface area (Å²) in [6.07, 6.45) is -1.59. The molecule has 0 aromatic carbocycles. The summed E-state index contributed by atoms with van der Waals surface area (Å²) in [5, 5.41) is 0. The largest absolute Gasteiger partial charge is 0.490 e. The molecule has 0 amide bonds. The van der Waals surface area contributed by atoms with Gasteiger partial charge < -0.3 is 15.4 Å². The molecule has 1 rings (SSSR count). The zero-order valence-corrected chi connectivity index (χ0v) is 10.2. The van der Waals surface area contributed by atoms with E-state index in [4.69, 9.17) is 5.73 Å². The highest BCUT2D eigenvalue weighted by Crippen LogP contribution is 2.16. The van der Waals surface area contributed by atoms with E-state index in [9.17, 15) is 18.0 Å². The van der Waals surface area contributed by atoms with Crippen LogP contribution in [0.5, 0.6) is 0 Å². The van der Waals surface area contributed by atoms with Gasteiger partial charge >= 0.3 is 12.1 Å². The second-order valence-electron chi connectivity index (χ2n) is 4.52. The lowest BCUT2D eigenvalue weighted by atomic mass is 10.1. The summed E-state index contributed by atoms with van der Waals surface area (Å²) < 4.78 is 39.6. The molecule has 1 unspecified atom stereocenters. The lowest BCUT2D eigenvalue weighted by molar-refractivity contribution is -0.199. The zero-order chi connectivity index (χ0) is 13.6. The zero-order valence-electron chi connectivity index (χ0n) is 10.2. The minimum Gasteiger partial charge on any atom is -0.459 e. The number of hydrogen-bond donors (Lipinski definition) is 1. The van der Waals surface area contributed by atoms with E-state index in [-0.39, 0.29) is 12.6 Å². The standard InChI is InChI=1S/C11H19F3N2O2/c12-11(13,14)10(17)18-8-2-6-16-5-1-3-9(15)4-7-16/h9H,1-8,15H2. The first-order valence-corrected chi connectivity index (χ1v) is 6.11. The van der Waals surface area contributed by atoms with Crippen LogP contribution in [0.1, 0.15) is 25.7 Å². The van der Waals surface area contributed by atoms with Gasteiger partial charge in [-0.15, -0.1) is 0 Å². The third-order valence-electron chi connectivity index (χ3n) is 2.95. The maximum Gasteiger partial charge on any atom is 0.490 e. The van der Waals surface area contributed by atoms with Gasteiger partial charge in [0.2, 0.25) is 0 Å². The van der Waals surface area contributed by atoms with Crippen molar-refractivity contribution < 1.29 is 22.7 Å². The summed E-state index contributed by atoms with van der Waals surface area (Å²) in [5.41, 5.74) is 5.82. The Kier molecular flexibility index (Phi) is 5.87. The number of ether oxygens (including phenoxy) is 1. The van der Waals surface area contributed by atoms with Crippen LogP contribution >= 0.6 is 0 Å². The number of rotatable bonds is 4. The highest BCUT2D eigenvalue weighted by molar-refractivity contribution is 5.75. The maximum absolute atomic E-state index is 11.8. The summed E-state index contributed by atoms with van der Waals surface area (Å²) >= 11 is 0.